The summed E-state index contributed by atoms with van der Waals surface area (Å²) in [5.41, 5.74) is 2.80. The zero-order valence-corrected chi connectivity index (χ0v) is 22.4. The van der Waals surface area contributed by atoms with Gasteiger partial charge in [-0.2, -0.15) is 4.37 Å². The van der Waals surface area contributed by atoms with Gasteiger partial charge in [-0.25, -0.2) is 17.8 Å². The van der Waals surface area contributed by atoms with Crippen LogP contribution in [0.1, 0.15) is 27.6 Å². The molecule has 1 aromatic heterocycles. The molecule has 37 heavy (non-hydrogen) atoms. The molecule has 2 aromatic carbocycles. The van der Waals surface area contributed by atoms with Crippen LogP contribution >= 0.6 is 11.5 Å². The molecule has 1 amide bonds. The van der Waals surface area contributed by atoms with E-state index in [9.17, 15) is 17.6 Å². The Labute approximate surface area is 223 Å². The third-order valence-electron chi connectivity index (χ3n) is 6.87. The van der Waals surface area contributed by atoms with Crippen LogP contribution in [0.4, 0.5) is 20.9 Å². The fourth-order valence-corrected chi connectivity index (χ4v) is 6.73. The predicted octanol–water partition coefficient (Wildman–Crippen LogP) is 3.77. The van der Waals surface area contributed by atoms with Crippen LogP contribution in [0.2, 0.25) is 0 Å². The van der Waals surface area contributed by atoms with Crippen molar-refractivity contribution in [1.82, 2.24) is 14.3 Å². The molecular formula is C25H33FN6O3S2. The molecule has 3 aromatic rings. The normalized spacial score (nSPS) is 16.9. The van der Waals surface area contributed by atoms with Crippen LogP contribution in [0.3, 0.4) is 0 Å². The molecule has 0 bridgehead atoms. The highest BCUT2D eigenvalue weighted by Crippen LogP contribution is 2.30. The number of anilines is 3. The monoisotopic (exact) mass is 548 g/mol. The topological polar surface area (TPSA) is 98.7 Å². The van der Waals surface area contributed by atoms with Crippen molar-refractivity contribution in [3.05, 3.63) is 59.7 Å². The summed E-state index contributed by atoms with van der Waals surface area (Å²) in [7, 11) is -3.75. The highest BCUT2D eigenvalue weighted by atomic mass is 32.2. The van der Waals surface area contributed by atoms with Gasteiger partial charge >= 0.3 is 0 Å². The number of piperazine rings is 1. The number of nitrogens with zero attached hydrogens (tertiary/aromatic N) is 5. The molecule has 1 fully saturated rings. The van der Waals surface area contributed by atoms with Crippen molar-refractivity contribution in [1.29, 1.82) is 0 Å². The van der Waals surface area contributed by atoms with Gasteiger partial charge in [0.05, 0.1) is 4.90 Å². The second-order valence-corrected chi connectivity index (χ2v) is 11.7. The van der Waals surface area contributed by atoms with E-state index in [1.807, 2.05) is 11.8 Å². The van der Waals surface area contributed by atoms with E-state index in [0.717, 1.165) is 47.9 Å². The van der Waals surface area contributed by atoms with Gasteiger partial charge in [-0.15, -0.1) is 0 Å². The number of hydrogen-bond acceptors (Lipinski definition) is 8. The van der Waals surface area contributed by atoms with Gasteiger partial charge in [0.2, 0.25) is 11.0 Å². The molecule has 0 radical (unpaired) electrons. The standard InChI is InChI=1S/C25H29FN6O3S2.2H2/c1-17(32-11-3-4-19-16-20(26)5-10-23(19)32)24(33)31-14-12-30(13-15-31)21-6-8-22(9-7-21)37(34,35)29-25-27-18(2)28-36-25;;/h5-10,16-17H,3-4,11-15H2,1-2H3,(H,27,28,29);2*1H/t17-;;/m0../s1. The third kappa shape index (κ3) is 5.40. The van der Waals surface area contributed by atoms with Gasteiger partial charge in [-0.05, 0) is 74.7 Å². The SMILES string of the molecule is Cc1nsc(NS(=O)(=O)c2ccc(N3CCN(C(=O)[C@H](C)N4CCCc5cc(F)ccc54)CC3)cc2)n1.[HH].[HH]. The lowest BCUT2D eigenvalue weighted by Crippen LogP contribution is -2.55. The van der Waals surface area contributed by atoms with Gasteiger partial charge in [-0.1, -0.05) is 0 Å². The maximum Gasteiger partial charge on any atom is 0.263 e. The number of halogens is 1. The highest BCUT2D eigenvalue weighted by molar-refractivity contribution is 7.93. The molecule has 200 valence electrons. The number of fused-ring (bicyclic) bond motifs is 1. The maximum absolute atomic E-state index is 13.7. The van der Waals surface area contributed by atoms with Crippen LogP contribution in [-0.2, 0) is 21.2 Å². The van der Waals surface area contributed by atoms with Crippen molar-refractivity contribution in [2.75, 3.05) is 47.2 Å². The first-order chi connectivity index (χ1) is 17.7. The van der Waals surface area contributed by atoms with E-state index in [0.29, 0.717) is 32.0 Å². The zero-order valence-electron chi connectivity index (χ0n) is 20.7. The second kappa shape index (κ2) is 10.3. The number of aromatic nitrogens is 2. The highest BCUT2D eigenvalue weighted by Gasteiger charge is 2.31. The first-order valence-corrected chi connectivity index (χ1v) is 14.5. The molecule has 3 heterocycles. The van der Waals surface area contributed by atoms with Gasteiger partial charge in [0, 0.05) is 58.5 Å². The first kappa shape index (κ1) is 25.4. The van der Waals surface area contributed by atoms with Crippen molar-refractivity contribution >= 4 is 44.0 Å². The van der Waals surface area contributed by atoms with Crippen molar-refractivity contribution < 1.29 is 20.5 Å². The van der Waals surface area contributed by atoms with E-state index >= 15 is 0 Å². The molecule has 2 aliphatic rings. The summed E-state index contributed by atoms with van der Waals surface area (Å²) < 4.78 is 45.4. The fraction of sp³-hybridized carbons (Fsp3) is 0.400. The Kier molecular flexibility index (Phi) is 7.04. The summed E-state index contributed by atoms with van der Waals surface area (Å²) in [6.45, 7) is 6.84. The number of rotatable bonds is 6. The second-order valence-electron chi connectivity index (χ2n) is 9.30. The molecule has 2 aliphatic heterocycles. The van der Waals surface area contributed by atoms with Gasteiger partial charge < -0.3 is 14.7 Å². The average molecular weight is 549 g/mol. The molecule has 0 unspecified atom stereocenters. The van der Waals surface area contributed by atoms with E-state index in [1.165, 1.54) is 6.07 Å². The van der Waals surface area contributed by atoms with Crippen LogP contribution in [-0.4, -0.2) is 67.3 Å². The lowest BCUT2D eigenvalue weighted by molar-refractivity contribution is -0.132. The van der Waals surface area contributed by atoms with E-state index in [-0.39, 0.29) is 30.6 Å². The number of aryl methyl sites for hydroxylation is 2. The smallest absolute Gasteiger partial charge is 0.263 e. The molecule has 1 N–H and O–H groups in total. The summed E-state index contributed by atoms with van der Waals surface area (Å²) in [6, 6.07) is 11.2. The van der Waals surface area contributed by atoms with E-state index < -0.39 is 10.0 Å². The molecular weight excluding hydrogens is 515 g/mol. The minimum Gasteiger partial charge on any atom is -0.368 e. The van der Waals surface area contributed by atoms with Gasteiger partial charge in [0.1, 0.15) is 17.7 Å². The quantitative estimate of drug-likeness (QED) is 0.501. The number of benzene rings is 2. The average Bonchev–Trinajstić information content (AvgIpc) is 3.31. The molecule has 12 heteroatoms. The molecule has 5 rings (SSSR count). The lowest BCUT2D eigenvalue weighted by Gasteiger charge is -2.41. The Hall–Kier alpha value is -3.25. The molecule has 0 aliphatic carbocycles. The van der Waals surface area contributed by atoms with Crippen LogP contribution in [0.5, 0.6) is 0 Å². The predicted molar refractivity (Wildman–Crippen MR) is 146 cm³/mol. The van der Waals surface area contributed by atoms with Gasteiger partial charge in [-0.3, -0.25) is 9.52 Å². The van der Waals surface area contributed by atoms with E-state index in [1.54, 1.807) is 43.3 Å². The van der Waals surface area contributed by atoms with E-state index in [4.69, 9.17) is 0 Å². The summed E-state index contributed by atoms with van der Waals surface area (Å²) in [5, 5.41) is 0.233. The largest absolute Gasteiger partial charge is 0.368 e. The Morgan fingerprint density at radius 3 is 2.51 bits per heavy atom. The van der Waals surface area contributed by atoms with Crippen molar-refractivity contribution in [3.8, 4) is 0 Å². The third-order valence-corrected chi connectivity index (χ3v) is 9.08. The molecule has 1 atom stereocenters. The Morgan fingerprint density at radius 1 is 1.11 bits per heavy atom. The number of carbonyl (C=O) groups excluding carboxylic acids is 1. The van der Waals surface area contributed by atoms with Gasteiger partial charge in [0.15, 0.2) is 0 Å². The van der Waals surface area contributed by atoms with Crippen molar-refractivity contribution in [3.63, 3.8) is 0 Å². The molecule has 1 saturated heterocycles. The van der Waals surface area contributed by atoms with Gasteiger partial charge in [0.25, 0.3) is 10.0 Å². The first-order valence-electron chi connectivity index (χ1n) is 12.2. The minimum atomic E-state index is -3.75. The summed E-state index contributed by atoms with van der Waals surface area (Å²) >= 11 is 0.998. The van der Waals surface area contributed by atoms with Crippen LogP contribution in [0.25, 0.3) is 0 Å². The molecule has 9 nitrogen and oxygen atoms in total. The summed E-state index contributed by atoms with van der Waals surface area (Å²) in [4.78, 5) is 23.6. The number of carbonyl (C=O) groups is 1. The van der Waals surface area contributed by atoms with E-state index in [2.05, 4.69) is 23.9 Å². The number of sulfonamides is 1. The Morgan fingerprint density at radius 2 is 1.84 bits per heavy atom. The Bertz CT molecular complexity index is 1400. The van der Waals surface area contributed by atoms with Crippen LogP contribution in [0, 0.1) is 12.7 Å². The van der Waals surface area contributed by atoms with Crippen LogP contribution < -0.4 is 14.5 Å². The minimum absolute atomic E-state index is 0. The maximum atomic E-state index is 13.7. The summed E-state index contributed by atoms with van der Waals surface area (Å²) in [5.74, 6) is 0.335. The number of amides is 1. The number of nitrogens with one attached hydrogen (secondary N) is 1. The molecule has 0 spiro atoms. The van der Waals surface area contributed by atoms with Crippen molar-refractivity contribution in [2.45, 2.75) is 37.6 Å². The molecule has 0 saturated carbocycles. The zero-order chi connectivity index (χ0) is 26.2. The van der Waals surface area contributed by atoms with Crippen molar-refractivity contribution in [2.24, 2.45) is 0 Å². The lowest BCUT2D eigenvalue weighted by atomic mass is 9.99. The fourth-order valence-electron chi connectivity index (χ4n) is 4.93. The summed E-state index contributed by atoms with van der Waals surface area (Å²) in [6.07, 6.45) is 1.71. The Balaban J connectivity index is 0.00000210. The van der Waals surface area contributed by atoms with Crippen LogP contribution in [0.15, 0.2) is 47.4 Å². The number of hydrogen-bond donors (Lipinski definition) is 1.